The molecule has 0 saturated carbocycles. The van der Waals surface area contributed by atoms with Crippen LogP contribution in [0.5, 0.6) is 0 Å². The molecule has 144 valence electrons. The van der Waals surface area contributed by atoms with Crippen LogP contribution in [0.25, 0.3) is 5.57 Å². The number of aliphatic imine (C=N–C) groups is 1. The van der Waals surface area contributed by atoms with E-state index in [0.717, 1.165) is 48.6 Å². The van der Waals surface area contributed by atoms with Gasteiger partial charge >= 0.3 is 0 Å². The van der Waals surface area contributed by atoms with Crippen molar-refractivity contribution in [3.63, 3.8) is 0 Å². The summed E-state index contributed by atoms with van der Waals surface area (Å²) in [6.07, 6.45) is 8.84. The van der Waals surface area contributed by atoms with Gasteiger partial charge in [-0.15, -0.1) is 0 Å². The molecule has 0 amide bonds. The van der Waals surface area contributed by atoms with Crippen LogP contribution >= 0.6 is 0 Å². The van der Waals surface area contributed by atoms with Gasteiger partial charge in [-0.05, 0) is 25.0 Å². The lowest BCUT2D eigenvalue weighted by atomic mass is 10.0. The Kier molecular flexibility index (Phi) is 4.81. The number of nitriles is 1. The zero-order chi connectivity index (χ0) is 19.7. The summed E-state index contributed by atoms with van der Waals surface area (Å²) in [5.41, 5.74) is 15.6. The van der Waals surface area contributed by atoms with Crippen molar-refractivity contribution in [2.24, 2.45) is 23.5 Å². The monoisotopic (exact) mass is 377 g/mol. The molecule has 0 aliphatic carbocycles. The van der Waals surface area contributed by atoms with E-state index in [2.05, 4.69) is 15.0 Å². The number of aryl methyl sites for hydroxylation is 1. The number of hydrogen-bond acceptors (Lipinski definition) is 8. The van der Waals surface area contributed by atoms with Gasteiger partial charge in [0.15, 0.2) is 6.29 Å². The fourth-order valence-electron chi connectivity index (χ4n) is 3.58. The minimum Gasteiger partial charge on any atom is -0.355 e. The van der Waals surface area contributed by atoms with E-state index in [1.54, 1.807) is 16.9 Å². The number of pyridine rings is 1. The maximum Gasteiger partial charge on any atom is 0.179 e. The molecule has 4 rings (SSSR count). The van der Waals surface area contributed by atoms with Crippen LogP contribution in [0.3, 0.4) is 0 Å². The zero-order valence-electron chi connectivity index (χ0n) is 15.7. The highest BCUT2D eigenvalue weighted by molar-refractivity contribution is 6.23. The van der Waals surface area contributed by atoms with Crippen LogP contribution in [0.1, 0.15) is 24.1 Å². The largest absolute Gasteiger partial charge is 0.355 e. The number of nitrogens with zero attached hydrogens (tertiary/aromatic N) is 7. The number of hydrogen-bond donors (Lipinski definition) is 2. The van der Waals surface area contributed by atoms with E-state index in [-0.39, 0.29) is 6.04 Å². The third-order valence-electron chi connectivity index (χ3n) is 4.98. The Bertz CT molecular complexity index is 951. The summed E-state index contributed by atoms with van der Waals surface area (Å²) in [7, 11) is 1.88. The van der Waals surface area contributed by atoms with Gasteiger partial charge in [-0.2, -0.15) is 10.4 Å². The fraction of sp³-hybridized carbons (Fsp3) is 0.368. The second-order valence-corrected chi connectivity index (χ2v) is 7.08. The molecule has 2 aromatic heterocycles. The minimum atomic E-state index is -0.594. The summed E-state index contributed by atoms with van der Waals surface area (Å²) in [5.74, 6) is 0.841. The Morgan fingerprint density at radius 3 is 2.75 bits per heavy atom. The number of nitrogens with two attached hydrogens (primary N) is 2. The molecule has 2 aliphatic rings. The van der Waals surface area contributed by atoms with E-state index in [1.165, 1.54) is 0 Å². The van der Waals surface area contributed by atoms with Crippen molar-refractivity contribution >= 4 is 17.1 Å². The summed E-state index contributed by atoms with van der Waals surface area (Å²) < 4.78 is 1.76. The van der Waals surface area contributed by atoms with E-state index < -0.39 is 6.29 Å². The first kappa shape index (κ1) is 18.2. The first-order valence-electron chi connectivity index (χ1n) is 9.25. The lowest BCUT2D eigenvalue weighted by Gasteiger charge is -2.38. The molecule has 28 heavy (non-hydrogen) atoms. The summed E-state index contributed by atoms with van der Waals surface area (Å²) in [4.78, 5) is 13.0. The Morgan fingerprint density at radius 1 is 1.25 bits per heavy atom. The molecular weight excluding hydrogens is 354 g/mol. The predicted octanol–water partition coefficient (Wildman–Crippen LogP) is 0.612. The first-order valence-corrected chi connectivity index (χ1v) is 9.25. The molecule has 9 heteroatoms. The van der Waals surface area contributed by atoms with Gasteiger partial charge in [0.25, 0.3) is 0 Å². The molecule has 9 nitrogen and oxygen atoms in total. The smallest absolute Gasteiger partial charge is 0.179 e. The Balaban J connectivity index is 1.73. The second kappa shape index (κ2) is 7.42. The van der Waals surface area contributed by atoms with Gasteiger partial charge in [-0.25, -0.2) is 9.98 Å². The van der Waals surface area contributed by atoms with Crippen LogP contribution in [0.2, 0.25) is 0 Å². The van der Waals surface area contributed by atoms with Gasteiger partial charge in [-0.1, -0.05) is 0 Å². The summed E-state index contributed by atoms with van der Waals surface area (Å²) >= 11 is 0. The van der Waals surface area contributed by atoms with Gasteiger partial charge in [-0.3, -0.25) is 10.4 Å². The molecular formula is C19H23N9. The van der Waals surface area contributed by atoms with Crippen molar-refractivity contribution < 1.29 is 0 Å². The van der Waals surface area contributed by atoms with Gasteiger partial charge in [0.2, 0.25) is 0 Å². The molecule has 0 aromatic carbocycles. The third kappa shape index (κ3) is 3.47. The maximum absolute atomic E-state index is 8.97. The molecule has 0 bridgehead atoms. The summed E-state index contributed by atoms with van der Waals surface area (Å²) in [6, 6.07) is 5.64. The molecule has 1 unspecified atom stereocenters. The summed E-state index contributed by atoms with van der Waals surface area (Å²) in [5, 5.41) is 13.3. The first-order chi connectivity index (χ1) is 13.5. The van der Waals surface area contributed by atoms with E-state index in [0.29, 0.717) is 5.69 Å². The predicted molar refractivity (Wildman–Crippen MR) is 107 cm³/mol. The third-order valence-corrected chi connectivity index (χ3v) is 4.98. The highest BCUT2D eigenvalue weighted by atomic mass is 15.4. The molecule has 2 atom stereocenters. The fourth-order valence-corrected chi connectivity index (χ4v) is 3.58. The number of anilines is 1. The van der Waals surface area contributed by atoms with E-state index in [9.17, 15) is 0 Å². The molecule has 0 spiro atoms. The quantitative estimate of drug-likeness (QED) is 0.785. The maximum atomic E-state index is 8.97. The lowest BCUT2D eigenvalue weighted by molar-refractivity contribution is 0.309. The Labute approximate surface area is 163 Å². The molecule has 1 saturated heterocycles. The molecule has 4 N–H and O–H groups in total. The van der Waals surface area contributed by atoms with Crippen LogP contribution in [0, 0.1) is 11.3 Å². The Hall–Kier alpha value is -3.22. The number of rotatable bonds is 2. The number of aromatic nitrogens is 3. The molecule has 0 radical (unpaired) electrons. The van der Waals surface area contributed by atoms with Crippen molar-refractivity contribution in [3.05, 3.63) is 48.2 Å². The van der Waals surface area contributed by atoms with Crippen molar-refractivity contribution in [2.45, 2.75) is 25.2 Å². The normalized spacial score (nSPS) is 22.5. The van der Waals surface area contributed by atoms with Crippen LogP contribution in [0.4, 0.5) is 5.69 Å². The Morgan fingerprint density at radius 2 is 2.11 bits per heavy atom. The molecule has 2 aromatic rings. The van der Waals surface area contributed by atoms with Crippen molar-refractivity contribution in [2.75, 3.05) is 18.0 Å². The number of likely N-dealkylation sites (tertiary alicyclic amines) is 1. The highest BCUT2D eigenvalue weighted by Crippen LogP contribution is 2.28. The minimum absolute atomic E-state index is 0.128. The van der Waals surface area contributed by atoms with E-state index in [1.807, 2.05) is 42.7 Å². The topological polar surface area (TPSA) is 125 Å². The standard InChI is InChI=1S/C19H23N9/c1-26-10-13(8-24-26)17-12-28(16-5-4-15(7-20)23-9-16)19(22)25-18(17)27-6-2-3-14(21)11-27/h4-5,8-10,12,14,19H,2-3,6,11,21-22H2,1H3/t14?,19-/m0/s1. The zero-order valence-corrected chi connectivity index (χ0v) is 15.7. The van der Waals surface area contributed by atoms with E-state index in [4.69, 9.17) is 21.7 Å². The van der Waals surface area contributed by atoms with Crippen molar-refractivity contribution in [1.82, 2.24) is 19.7 Å². The van der Waals surface area contributed by atoms with Gasteiger partial charge in [0, 0.05) is 49.7 Å². The molecule has 1 fully saturated rings. The van der Waals surface area contributed by atoms with Gasteiger partial charge in [0.1, 0.15) is 17.6 Å². The highest BCUT2D eigenvalue weighted by Gasteiger charge is 2.29. The number of amidine groups is 1. The SMILES string of the molecule is Cn1cc(C2=CN(c3ccc(C#N)nc3)[C@@H](N)N=C2N2CCCC(N)C2)cn1. The van der Waals surface area contributed by atoms with Crippen LogP contribution in [-0.4, -0.2) is 50.9 Å². The summed E-state index contributed by atoms with van der Waals surface area (Å²) in [6.45, 7) is 1.65. The van der Waals surface area contributed by atoms with Crippen molar-refractivity contribution in [1.29, 1.82) is 5.26 Å². The molecule has 2 aliphatic heterocycles. The lowest BCUT2D eigenvalue weighted by Crippen LogP contribution is -2.50. The van der Waals surface area contributed by atoms with Crippen molar-refractivity contribution in [3.8, 4) is 6.07 Å². The average molecular weight is 377 g/mol. The second-order valence-electron chi connectivity index (χ2n) is 7.08. The van der Waals surface area contributed by atoms with Gasteiger partial charge < -0.3 is 15.5 Å². The van der Waals surface area contributed by atoms with Crippen LogP contribution < -0.4 is 16.4 Å². The number of piperidine rings is 1. The molecule has 4 heterocycles. The van der Waals surface area contributed by atoms with Crippen LogP contribution in [0.15, 0.2) is 41.9 Å². The van der Waals surface area contributed by atoms with E-state index >= 15 is 0 Å². The van der Waals surface area contributed by atoms with Crippen LogP contribution in [-0.2, 0) is 7.05 Å². The average Bonchev–Trinajstić information content (AvgIpc) is 3.14. The van der Waals surface area contributed by atoms with Gasteiger partial charge in [0.05, 0.1) is 18.1 Å².